The van der Waals surface area contributed by atoms with E-state index in [1.165, 1.54) is 119 Å². The van der Waals surface area contributed by atoms with Crippen molar-refractivity contribution in [1.29, 1.82) is 0 Å². The third-order valence-electron chi connectivity index (χ3n) is 13.0. The zero-order valence-corrected chi connectivity index (χ0v) is 34.5. The van der Waals surface area contributed by atoms with E-state index in [1.807, 2.05) is 11.3 Å². The smallest absolute Gasteiger partial charge is 0.0541 e. The Labute approximate surface area is 363 Å². The van der Waals surface area contributed by atoms with E-state index in [0.29, 0.717) is 0 Å². The highest BCUT2D eigenvalue weighted by atomic mass is 32.1. The molecule has 0 aliphatic carbocycles. The Hall–Kier alpha value is -7.78. The van der Waals surface area contributed by atoms with Crippen LogP contribution in [0.25, 0.3) is 124 Å². The lowest BCUT2D eigenvalue weighted by atomic mass is 9.86. The number of para-hydroxylation sites is 1. The second kappa shape index (κ2) is 13.9. The number of aromatic nitrogens is 1. The summed E-state index contributed by atoms with van der Waals surface area (Å²) in [6.45, 7) is 0. The zero-order valence-electron chi connectivity index (χ0n) is 33.7. The zero-order chi connectivity index (χ0) is 40.7. The maximum absolute atomic E-state index is 2.43. The van der Waals surface area contributed by atoms with Crippen molar-refractivity contribution in [1.82, 2.24) is 4.57 Å². The largest absolute Gasteiger partial charge is 0.309 e. The minimum Gasteiger partial charge on any atom is -0.309 e. The number of rotatable bonds is 5. The van der Waals surface area contributed by atoms with Crippen LogP contribution in [0.3, 0.4) is 0 Å². The summed E-state index contributed by atoms with van der Waals surface area (Å²) in [4.78, 5) is 0. The van der Waals surface area contributed by atoms with Gasteiger partial charge in [0.05, 0.1) is 11.0 Å². The van der Waals surface area contributed by atoms with E-state index >= 15 is 0 Å². The van der Waals surface area contributed by atoms with E-state index in [1.54, 1.807) is 0 Å². The van der Waals surface area contributed by atoms with Crippen LogP contribution in [-0.4, -0.2) is 4.57 Å². The topological polar surface area (TPSA) is 4.93 Å². The monoisotopic (exact) mass is 803 g/mol. The van der Waals surface area contributed by atoms with Crippen LogP contribution in [0.4, 0.5) is 0 Å². The van der Waals surface area contributed by atoms with Gasteiger partial charge in [0.1, 0.15) is 0 Å². The standard InChI is InChI=1S/C60H37NS/c1-2-16-39(17-3-1)57-47-21-6-8-23-49(47)58(50-24-9-7-22-48(50)57)40-31-34-42(35-32-40)61-55-30-11-10-20-46(55)54-37-41(33-36-56(54)61)44-25-13-28-52-53-29-14-27-51(60(53)62-59(44)52)45-26-12-18-38-15-4-5-19-43(38)45/h1-37H. The molecule has 13 aromatic rings. The fraction of sp³-hybridized carbons (Fsp3) is 0. The van der Waals surface area contributed by atoms with Crippen molar-refractivity contribution >= 4 is 85.6 Å². The summed E-state index contributed by atoms with van der Waals surface area (Å²) in [5.41, 5.74) is 13.6. The minimum absolute atomic E-state index is 1.15. The van der Waals surface area contributed by atoms with Crippen LogP contribution in [0, 0.1) is 0 Å². The molecule has 2 aromatic heterocycles. The Bertz CT molecular complexity index is 3840. The van der Waals surface area contributed by atoms with Crippen LogP contribution in [0.5, 0.6) is 0 Å². The molecule has 11 aromatic carbocycles. The van der Waals surface area contributed by atoms with E-state index in [0.717, 1.165) is 5.69 Å². The third-order valence-corrected chi connectivity index (χ3v) is 14.3. The molecule has 0 spiro atoms. The molecular formula is C60H37NS. The van der Waals surface area contributed by atoms with Gasteiger partial charge in [0.25, 0.3) is 0 Å². The predicted octanol–water partition coefficient (Wildman–Crippen LogP) is 17.3. The van der Waals surface area contributed by atoms with Gasteiger partial charge in [0.2, 0.25) is 0 Å². The molecule has 0 unspecified atom stereocenters. The highest BCUT2D eigenvalue weighted by molar-refractivity contribution is 7.26. The first-order valence-corrected chi connectivity index (χ1v) is 22.2. The number of benzene rings is 11. The molecule has 0 saturated carbocycles. The molecule has 0 aliphatic rings. The maximum Gasteiger partial charge on any atom is 0.0541 e. The molecule has 0 bridgehead atoms. The number of hydrogen-bond acceptors (Lipinski definition) is 1. The molecule has 13 rings (SSSR count). The number of fused-ring (bicyclic) bond motifs is 9. The second-order valence-electron chi connectivity index (χ2n) is 16.3. The molecule has 1 nitrogen and oxygen atoms in total. The molecule has 0 atom stereocenters. The lowest BCUT2D eigenvalue weighted by Gasteiger charge is -2.18. The highest BCUT2D eigenvalue weighted by Gasteiger charge is 2.20. The molecular weight excluding hydrogens is 767 g/mol. The summed E-state index contributed by atoms with van der Waals surface area (Å²) >= 11 is 1.92. The van der Waals surface area contributed by atoms with E-state index < -0.39 is 0 Å². The Kier molecular flexibility index (Phi) is 7.85. The van der Waals surface area contributed by atoms with E-state index in [4.69, 9.17) is 0 Å². The maximum atomic E-state index is 2.43. The molecule has 0 aliphatic heterocycles. The van der Waals surface area contributed by atoms with E-state index in [2.05, 4.69) is 229 Å². The van der Waals surface area contributed by atoms with Gasteiger partial charge in [-0.25, -0.2) is 0 Å². The van der Waals surface area contributed by atoms with Crippen LogP contribution in [0.1, 0.15) is 0 Å². The molecule has 0 fully saturated rings. The van der Waals surface area contributed by atoms with Gasteiger partial charge < -0.3 is 4.57 Å². The average molecular weight is 804 g/mol. The summed E-state index contributed by atoms with van der Waals surface area (Å²) in [5.74, 6) is 0. The van der Waals surface area contributed by atoms with Crippen molar-refractivity contribution < 1.29 is 0 Å². The fourth-order valence-electron chi connectivity index (χ4n) is 10.3. The van der Waals surface area contributed by atoms with Gasteiger partial charge in [-0.05, 0) is 102 Å². The average Bonchev–Trinajstić information content (AvgIpc) is 3.89. The molecule has 288 valence electrons. The summed E-state index contributed by atoms with van der Waals surface area (Å²) in [7, 11) is 0. The Balaban J connectivity index is 0.950. The van der Waals surface area contributed by atoms with Gasteiger partial charge >= 0.3 is 0 Å². The van der Waals surface area contributed by atoms with Gasteiger partial charge in [-0.1, -0.05) is 194 Å². The molecule has 0 saturated heterocycles. The van der Waals surface area contributed by atoms with Gasteiger partial charge in [-0.3, -0.25) is 0 Å². The molecule has 0 radical (unpaired) electrons. The third kappa shape index (κ3) is 5.27. The summed E-state index contributed by atoms with van der Waals surface area (Å²) in [6, 6.07) is 82.8. The van der Waals surface area contributed by atoms with Crippen molar-refractivity contribution in [2.24, 2.45) is 0 Å². The molecule has 62 heavy (non-hydrogen) atoms. The first-order valence-electron chi connectivity index (χ1n) is 21.3. The number of thiophene rings is 1. The first-order chi connectivity index (χ1) is 30.8. The Morgan fingerprint density at radius 2 is 0.742 bits per heavy atom. The molecule has 2 heterocycles. The van der Waals surface area contributed by atoms with Gasteiger partial charge in [-0.2, -0.15) is 0 Å². The van der Waals surface area contributed by atoms with Gasteiger partial charge in [-0.15, -0.1) is 11.3 Å². The summed E-state index contributed by atoms with van der Waals surface area (Å²) in [5, 5.41) is 12.8. The van der Waals surface area contributed by atoms with Crippen molar-refractivity contribution in [3.8, 4) is 50.2 Å². The second-order valence-corrected chi connectivity index (χ2v) is 17.4. The van der Waals surface area contributed by atoms with Crippen molar-refractivity contribution in [2.75, 3.05) is 0 Å². The van der Waals surface area contributed by atoms with Crippen LogP contribution in [-0.2, 0) is 0 Å². The molecule has 0 amide bonds. The minimum atomic E-state index is 1.15. The van der Waals surface area contributed by atoms with Crippen molar-refractivity contribution in [2.45, 2.75) is 0 Å². The summed E-state index contributed by atoms with van der Waals surface area (Å²) in [6.07, 6.45) is 0. The van der Waals surface area contributed by atoms with Gasteiger partial charge in [0, 0.05) is 42.2 Å². The number of nitrogens with zero attached hydrogens (tertiary/aromatic N) is 1. The quantitative estimate of drug-likeness (QED) is 0.153. The van der Waals surface area contributed by atoms with Crippen LogP contribution in [0.2, 0.25) is 0 Å². The molecule has 2 heteroatoms. The lowest BCUT2D eigenvalue weighted by molar-refractivity contribution is 1.18. The summed E-state index contributed by atoms with van der Waals surface area (Å²) < 4.78 is 5.09. The van der Waals surface area contributed by atoms with Crippen molar-refractivity contribution in [3.05, 3.63) is 224 Å². The van der Waals surface area contributed by atoms with Crippen LogP contribution < -0.4 is 0 Å². The van der Waals surface area contributed by atoms with E-state index in [-0.39, 0.29) is 0 Å². The van der Waals surface area contributed by atoms with Crippen molar-refractivity contribution in [3.63, 3.8) is 0 Å². The first kappa shape index (κ1) is 35.0. The van der Waals surface area contributed by atoms with Crippen LogP contribution in [0.15, 0.2) is 224 Å². The lowest BCUT2D eigenvalue weighted by Crippen LogP contribution is -1.94. The van der Waals surface area contributed by atoms with E-state index in [9.17, 15) is 0 Å². The molecule has 0 N–H and O–H groups in total. The number of hydrogen-bond donors (Lipinski definition) is 0. The Morgan fingerprint density at radius 1 is 0.274 bits per heavy atom. The fourth-order valence-corrected chi connectivity index (χ4v) is 11.6. The predicted molar refractivity (Wildman–Crippen MR) is 268 cm³/mol. The van der Waals surface area contributed by atoms with Gasteiger partial charge in [0.15, 0.2) is 0 Å². The normalized spacial score (nSPS) is 11.9. The van der Waals surface area contributed by atoms with Crippen LogP contribution >= 0.6 is 11.3 Å². The Morgan fingerprint density at radius 3 is 1.44 bits per heavy atom. The SMILES string of the molecule is c1ccc(-c2c3ccccc3c(-c3ccc(-n4c5ccccc5c5cc(-c6cccc7c6sc6c(-c8cccc9ccccc89)cccc67)ccc54)cc3)c3ccccc23)cc1. The highest BCUT2D eigenvalue weighted by Crippen LogP contribution is 2.47.